The van der Waals surface area contributed by atoms with Crippen LogP contribution in [0.1, 0.15) is 32.1 Å². The molecule has 106 valence electrons. The van der Waals surface area contributed by atoms with Crippen LogP contribution in [0.15, 0.2) is 29.2 Å². The summed E-state index contributed by atoms with van der Waals surface area (Å²) in [7, 11) is 0. The van der Waals surface area contributed by atoms with E-state index in [9.17, 15) is 4.79 Å². The zero-order valence-corrected chi connectivity index (χ0v) is 12.6. The van der Waals surface area contributed by atoms with Gasteiger partial charge in [0.25, 0.3) is 0 Å². The van der Waals surface area contributed by atoms with Crippen molar-refractivity contribution in [3.63, 3.8) is 0 Å². The maximum Gasteiger partial charge on any atom is 0.227 e. The van der Waals surface area contributed by atoms with Gasteiger partial charge in [-0.15, -0.1) is 11.8 Å². The van der Waals surface area contributed by atoms with E-state index >= 15 is 0 Å². The van der Waals surface area contributed by atoms with Crippen LogP contribution >= 0.6 is 11.8 Å². The Bertz CT molecular complexity index is 529. The first-order valence-corrected chi connectivity index (χ1v) is 8.82. The first kappa shape index (κ1) is 12.8. The summed E-state index contributed by atoms with van der Waals surface area (Å²) in [5.41, 5.74) is 1.14. The molecule has 3 heteroatoms. The summed E-state index contributed by atoms with van der Waals surface area (Å²) in [5, 5.41) is 0. The molecule has 1 aromatic carbocycles. The minimum atomic E-state index is 0.357. The normalized spacial score (nSPS) is 31.4. The first-order chi connectivity index (χ1) is 9.81. The summed E-state index contributed by atoms with van der Waals surface area (Å²) in [4.78, 5) is 16.0. The molecule has 2 fully saturated rings. The summed E-state index contributed by atoms with van der Waals surface area (Å²) >= 11 is 1.87. The molecule has 0 aromatic heterocycles. The molecule has 1 amide bonds. The smallest absolute Gasteiger partial charge is 0.227 e. The molecule has 0 spiro atoms. The second-order valence-corrected chi connectivity index (χ2v) is 7.64. The fourth-order valence-corrected chi connectivity index (χ4v) is 5.38. The quantitative estimate of drug-likeness (QED) is 0.821. The van der Waals surface area contributed by atoms with Crippen molar-refractivity contribution in [1.82, 2.24) is 0 Å². The summed E-state index contributed by atoms with van der Waals surface area (Å²) < 4.78 is 0. The number of hydrogen-bond donors (Lipinski definition) is 0. The molecular formula is C17H21NOS. The molecule has 0 saturated heterocycles. The Morgan fingerprint density at radius 2 is 2.15 bits per heavy atom. The minimum absolute atomic E-state index is 0.357. The third kappa shape index (κ3) is 2.16. The Morgan fingerprint density at radius 1 is 1.25 bits per heavy atom. The van der Waals surface area contributed by atoms with Crippen molar-refractivity contribution in [2.45, 2.75) is 37.0 Å². The lowest BCUT2D eigenvalue weighted by molar-refractivity contribution is -0.119. The third-order valence-electron chi connectivity index (χ3n) is 5.35. The lowest BCUT2D eigenvalue weighted by atomic mass is 9.86. The Morgan fingerprint density at radius 3 is 2.95 bits per heavy atom. The molecule has 3 aliphatic rings. The van der Waals surface area contributed by atoms with Crippen molar-refractivity contribution in [3.8, 4) is 0 Å². The van der Waals surface area contributed by atoms with E-state index in [0.29, 0.717) is 11.8 Å². The second-order valence-electron chi connectivity index (χ2n) is 6.50. The molecule has 2 saturated carbocycles. The Kier molecular flexibility index (Phi) is 3.25. The largest absolute Gasteiger partial charge is 0.310 e. The summed E-state index contributed by atoms with van der Waals surface area (Å²) in [5.74, 6) is 3.83. The molecule has 1 aliphatic heterocycles. The molecular weight excluding hydrogens is 266 g/mol. The van der Waals surface area contributed by atoms with Gasteiger partial charge in [-0.05, 0) is 49.1 Å². The van der Waals surface area contributed by atoms with E-state index in [1.54, 1.807) is 0 Å². The summed E-state index contributed by atoms with van der Waals surface area (Å²) in [6, 6.07) is 8.34. The molecule has 2 bridgehead atoms. The van der Waals surface area contributed by atoms with Crippen LogP contribution in [0.3, 0.4) is 0 Å². The zero-order chi connectivity index (χ0) is 13.5. The van der Waals surface area contributed by atoms with Crippen LogP contribution in [-0.2, 0) is 4.79 Å². The van der Waals surface area contributed by atoms with Crippen LogP contribution < -0.4 is 4.90 Å². The van der Waals surface area contributed by atoms with E-state index in [2.05, 4.69) is 18.2 Å². The van der Waals surface area contributed by atoms with Crippen LogP contribution in [0.25, 0.3) is 0 Å². The van der Waals surface area contributed by atoms with Crippen molar-refractivity contribution in [1.29, 1.82) is 0 Å². The fraction of sp³-hybridized carbons (Fsp3) is 0.588. The molecule has 2 aliphatic carbocycles. The number of hydrogen-bond acceptors (Lipinski definition) is 2. The van der Waals surface area contributed by atoms with Gasteiger partial charge in [-0.1, -0.05) is 18.6 Å². The standard InChI is InChI=1S/C17H21NOS/c19-17(11-14-10-12-5-6-13(14)9-12)18-7-8-20-16-4-2-1-3-15(16)18/h1-4,12-14H,5-11H2. The van der Waals surface area contributed by atoms with Gasteiger partial charge >= 0.3 is 0 Å². The third-order valence-corrected chi connectivity index (χ3v) is 6.39. The Labute approximate surface area is 124 Å². The van der Waals surface area contributed by atoms with Crippen LogP contribution in [0, 0.1) is 17.8 Å². The number of amides is 1. The van der Waals surface area contributed by atoms with Gasteiger partial charge in [0.1, 0.15) is 0 Å². The van der Waals surface area contributed by atoms with Crippen molar-refractivity contribution in [2.24, 2.45) is 17.8 Å². The van der Waals surface area contributed by atoms with E-state index < -0.39 is 0 Å². The number of para-hydroxylation sites is 1. The molecule has 2 nitrogen and oxygen atoms in total. The van der Waals surface area contributed by atoms with Crippen molar-refractivity contribution >= 4 is 23.4 Å². The Balaban J connectivity index is 1.49. The molecule has 20 heavy (non-hydrogen) atoms. The maximum absolute atomic E-state index is 12.7. The van der Waals surface area contributed by atoms with Gasteiger partial charge in [-0.2, -0.15) is 0 Å². The van der Waals surface area contributed by atoms with E-state index in [0.717, 1.165) is 36.2 Å². The maximum atomic E-state index is 12.7. The zero-order valence-electron chi connectivity index (χ0n) is 11.8. The number of nitrogens with zero attached hydrogens (tertiary/aromatic N) is 1. The minimum Gasteiger partial charge on any atom is -0.310 e. The first-order valence-electron chi connectivity index (χ1n) is 7.83. The fourth-order valence-electron chi connectivity index (χ4n) is 4.39. The topological polar surface area (TPSA) is 20.3 Å². The highest BCUT2D eigenvalue weighted by molar-refractivity contribution is 7.99. The van der Waals surface area contributed by atoms with Crippen LogP contribution in [0.4, 0.5) is 5.69 Å². The van der Waals surface area contributed by atoms with Crippen molar-refractivity contribution < 1.29 is 4.79 Å². The number of carbonyl (C=O) groups excluding carboxylic acids is 1. The molecule has 3 unspecified atom stereocenters. The Hall–Kier alpha value is -0.960. The number of thioether (sulfide) groups is 1. The molecule has 0 radical (unpaired) electrons. The van der Waals surface area contributed by atoms with Crippen LogP contribution in [0.5, 0.6) is 0 Å². The van der Waals surface area contributed by atoms with E-state index in [1.165, 1.54) is 30.6 Å². The average molecular weight is 287 g/mol. The van der Waals surface area contributed by atoms with Gasteiger partial charge in [-0.3, -0.25) is 4.79 Å². The predicted molar refractivity (Wildman–Crippen MR) is 83.1 cm³/mol. The molecule has 1 heterocycles. The lowest BCUT2D eigenvalue weighted by Crippen LogP contribution is -2.37. The number of rotatable bonds is 2. The lowest BCUT2D eigenvalue weighted by Gasteiger charge is -2.31. The second kappa shape index (κ2) is 5.10. The highest BCUT2D eigenvalue weighted by Crippen LogP contribution is 2.50. The van der Waals surface area contributed by atoms with Gasteiger partial charge in [0, 0.05) is 23.6 Å². The number of anilines is 1. The summed E-state index contributed by atoms with van der Waals surface area (Å²) in [6.45, 7) is 0.876. The van der Waals surface area contributed by atoms with Gasteiger partial charge in [-0.25, -0.2) is 0 Å². The molecule has 4 rings (SSSR count). The molecule has 0 N–H and O–H groups in total. The van der Waals surface area contributed by atoms with Gasteiger partial charge in [0.05, 0.1) is 5.69 Å². The molecule has 3 atom stereocenters. The monoisotopic (exact) mass is 287 g/mol. The van der Waals surface area contributed by atoms with Crippen molar-refractivity contribution in [3.05, 3.63) is 24.3 Å². The SMILES string of the molecule is O=C(CC1CC2CCC1C2)N1CCSc2ccccc21. The number of fused-ring (bicyclic) bond motifs is 3. The molecule has 1 aromatic rings. The predicted octanol–water partition coefficient (Wildman–Crippen LogP) is 3.95. The van der Waals surface area contributed by atoms with E-state index in [-0.39, 0.29) is 0 Å². The van der Waals surface area contributed by atoms with Crippen molar-refractivity contribution in [2.75, 3.05) is 17.2 Å². The van der Waals surface area contributed by atoms with Gasteiger partial charge in [0.15, 0.2) is 0 Å². The van der Waals surface area contributed by atoms with Crippen LogP contribution in [-0.4, -0.2) is 18.2 Å². The highest BCUT2D eigenvalue weighted by atomic mass is 32.2. The van der Waals surface area contributed by atoms with Gasteiger partial charge in [0.2, 0.25) is 5.91 Å². The average Bonchev–Trinajstić information content (AvgIpc) is 3.09. The van der Waals surface area contributed by atoms with E-state index in [1.807, 2.05) is 22.7 Å². The number of carbonyl (C=O) groups is 1. The number of benzene rings is 1. The van der Waals surface area contributed by atoms with E-state index in [4.69, 9.17) is 0 Å². The van der Waals surface area contributed by atoms with Gasteiger partial charge < -0.3 is 4.90 Å². The summed E-state index contributed by atoms with van der Waals surface area (Å²) in [6.07, 6.45) is 6.26. The highest BCUT2D eigenvalue weighted by Gasteiger charge is 2.40. The van der Waals surface area contributed by atoms with Crippen LogP contribution in [0.2, 0.25) is 0 Å².